The molecule has 0 amide bonds. The van der Waals surface area contributed by atoms with Crippen LogP contribution in [0.3, 0.4) is 0 Å². The highest BCUT2D eigenvalue weighted by atomic mass is 79.9. The summed E-state index contributed by atoms with van der Waals surface area (Å²) in [4.78, 5) is 11.4. The third-order valence-corrected chi connectivity index (χ3v) is 5.38. The van der Waals surface area contributed by atoms with Gasteiger partial charge in [-0.25, -0.2) is 0 Å². The molecule has 1 nitrogen and oxygen atoms in total. The average molecular weight is 452 g/mol. The second kappa shape index (κ2) is 4.93. The van der Waals surface area contributed by atoms with Crippen molar-refractivity contribution in [2.75, 3.05) is 5.33 Å². The molecule has 1 aliphatic carbocycles. The lowest BCUT2D eigenvalue weighted by molar-refractivity contribution is -0.110. The second-order valence-electron chi connectivity index (χ2n) is 3.24. The summed E-state index contributed by atoms with van der Waals surface area (Å²) < 4.78 is 0.723. The van der Waals surface area contributed by atoms with Gasteiger partial charge in [-0.15, -0.1) is 0 Å². The predicted molar refractivity (Wildman–Crippen MR) is 73.6 cm³/mol. The van der Waals surface area contributed by atoms with Gasteiger partial charge < -0.3 is 0 Å². The van der Waals surface area contributed by atoms with Gasteiger partial charge in [-0.3, -0.25) is 4.79 Å². The highest BCUT2D eigenvalue weighted by Crippen LogP contribution is 2.44. The van der Waals surface area contributed by atoms with Gasteiger partial charge in [0.05, 0.1) is 8.22 Å². The summed E-state index contributed by atoms with van der Waals surface area (Å²) in [7, 11) is 0. The average Bonchev–Trinajstić information content (AvgIpc) is 2.11. The highest BCUT2D eigenvalue weighted by Gasteiger charge is 2.36. The fourth-order valence-corrected chi connectivity index (χ4v) is 3.40. The molecule has 0 spiro atoms. The van der Waals surface area contributed by atoms with E-state index in [2.05, 4.69) is 70.6 Å². The van der Waals surface area contributed by atoms with E-state index in [0.29, 0.717) is 9.81 Å². The first-order valence-electron chi connectivity index (χ1n) is 3.89. The fourth-order valence-electron chi connectivity index (χ4n) is 1.20. The molecule has 0 aromatic carbocycles. The SMILES string of the molecule is CC1(C(Br)Br)C=C(Br)C(=O)C=C1CBr. The Balaban J connectivity index is 3.17. The maximum atomic E-state index is 11.4. The van der Waals surface area contributed by atoms with Crippen molar-refractivity contribution < 1.29 is 4.79 Å². The largest absolute Gasteiger partial charge is 0.289 e. The van der Waals surface area contributed by atoms with Crippen LogP contribution in [0.5, 0.6) is 0 Å². The Hall–Kier alpha value is 1.07. The molecule has 0 aromatic rings. The van der Waals surface area contributed by atoms with Crippen LogP contribution in [0.4, 0.5) is 0 Å². The minimum absolute atomic E-state index is 0.0255. The second-order valence-corrected chi connectivity index (χ2v) is 7.72. The molecule has 14 heavy (non-hydrogen) atoms. The maximum Gasteiger partial charge on any atom is 0.192 e. The molecule has 0 fully saturated rings. The molecule has 0 aromatic heterocycles. The third kappa shape index (κ3) is 2.42. The third-order valence-electron chi connectivity index (χ3n) is 2.26. The van der Waals surface area contributed by atoms with Crippen molar-refractivity contribution in [1.29, 1.82) is 0 Å². The number of rotatable bonds is 2. The molecule has 0 bridgehead atoms. The molecular formula is C9H8Br4O. The lowest BCUT2D eigenvalue weighted by Gasteiger charge is -2.33. The van der Waals surface area contributed by atoms with Gasteiger partial charge >= 0.3 is 0 Å². The van der Waals surface area contributed by atoms with Gasteiger partial charge in [0, 0.05) is 10.7 Å². The topological polar surface area (TPSA) is 17.1 Å². The number of carbonyl (C=O) groups excluding carboxylic acids is 1. The zero-order valence-corrected chi connectivity index (χ0v) is 13.7. The summed E-state index contributed by atoms with van der Waals surface area (Å²) in [6.45, 7) is 2.07. The van der Waals surface area contributed by atoms with Gasteiger partial charge in [0.2, 0.25) is 0 Å². The Morgan fingerprint density at radius 2 is 2.07 bits per heavy atom. The summed E-state index contributed by atoms with van der Waals surface area (Å²) >= 11 is 13.7. The van der Waals surface area contributed by atoms with E-state index in [-0.39, 0.29) is 14.9 Å². The molecule has 0 radical (unpaired) electrons. The molecule has 0 saturated carbocycles. The van der Waals surface area contributed by atoms with Gasteiger partial charge in [0.1, 0.15) is 0 Å². The number of hydrogen-bond donors (Lipinski definition) is 0. The summed E-state index contributed by atoms with van der Waals surface area (Å²) in [6.07, 6.45) is 3.61. The first-order valence-corrected chi connectivity index (χ1v) is 7.64. The van der Waals surface area contributed by atoms with Crippen LogP contribution >= 0.6 is 63.7 Å². The number of alkyl halides is 3. The molecule has 78 valence electrons. The Kier molecular flexibility index (Phi) is 4.63. The number of allylic oxidation sites excluding steroid dienone is 4. The van der Waals surface area contributed by atoms with E-state index < -0.39 is 0 Å². The van der Waals surface area contributed by atoms with Crippen LogP contribution in [0.2, 0.25) is 0 Å². The minimum atomic E-state index is -0.184. The van der Waals surface area contributed by atoms with E-state index in [1.165, 1.54) is 0 Å². The van der Waals surface area contributed by atoms with E-state index in [0.717, 1.165) is 5.57 Å². The number of hydrogen-bond acceptors (Lipinski definition) is 1. The van der Waals surface area contributed by atoms with Crippen LogP contribution in [0.1, 0.15) is 6.92 Å². The predicted octanol–water partition coefficient (Wildman–Crippen LogP) is 4.29. The zero-order chi connectivity index (χ0) is 10.9. The molecule has 0 N–H and O–H groups in total. The van der Waals surface area contributed by atoms with Crippen LogP contribution in [0.25, 0.3) is 0 Å². The number of halogens is 4. The van der Waals surface area contributed by atoms with Crippen molar-refractivity contribution in [2.24, 2.45) is 5.41 Å². The fraction of sp³-hybridized carbons (Fsp3) is 0.444. The molecule has 1 unspecified atom stereocenters. The quantitative estimate of drug-likeness (QED) is 0.572. The smallest absolute Gasteiger partial charge is 0.192 e. The molecule has 0 aliphatic heterocycles. The number of carbonyl (C=O) groups is 1. The van der Waals surface area contributed by atoms with Crippen LogP contribution in [-0.4, -0.2) is 14.8 Å². The zero-order valence-electron chi connectivity index (χ0n) is 7.36. The molecule has 1 aliphatic rings. The Morgan fingerprint density at radius 1 is 1.50 bits per heavy atom. The van der Waals surface area contributed by atoms with E-state index in [4.69, 9.17) is 0 Å². The van der Waals surface area contributed by atoms with Crippen LogP contribution in [-0.2, 0) is 4.79 Å². The van der Waals surface area contributed by atoms with Crippen molar-refractivity contribution in [3.63, 3.8) is 0 Å². The van der Waals surface area contributed by atoms with E-state index in [1.807, 2.05) is 6.08 Å². The van der Waals surface area contributed by atoms with Crippen molar-refractivity contribution in [1.82, 2.24) is 0 Å². The summed E-state index contributed by atoms with van der Waals surface area (Å²) in [5.41, 5.74) is 0.875. The molecule has 1 atom stereocenters. The van der Waals surface area contributed by atoms with Gasteiger partial charge in [-0.2, -0.15) is 0 Å². The Bertz CT molecular complexity index is 319. The normalized spacial score (nSPS) is 27.7. The lowest BCUT2D eigenvalue weighted by Crippen LogP contribution is -2.29. The summed E-state index contributed by atoms with van der Waals surface area (Å²) in [6, 6.07) is 0. The molecule has 1 rings (SSSR count). The maximum absolute atomic E-state index is 11.4. The van der Waals surface area contributed by atoms with Crippen molar-refractivity contribution in [2.45, 2.75) is 10.7 Å². The highest BCUT2D eigenvalue weighted by molar-refractivity contribution is 9.24. The monoisotopic (exact) mass is 448 g/mol. The lowest BCUT2D eigenvalue weighted by atomic mass is 9.81. The van der Waals surface area contributed by atoms with Gasteiger partial charge in [0.15, 0.2) is 5.78 Å². The molecule has 0 heterocycles. The first-order chi connectivity index (χ1) is 6.41. The van der Waals surface area contributed by atoms with E-state index in [1.54, 1.807) is 6.08 Å². The van der Waals surface area contributed by atoms with Crippen molar-refractivity contribution >= 4 is 69.5 Å². The van der Waals surface area contributed by atoms with Crippen LogP contribution in [0.15, 0.2) is 22.2 Å². The number of ketones is 1. The van der Waals surface area contributed by atoms with Crippen molar-refractivity contribution in [3.8, 4) is 0 Å². The van der Waals surface area contributed by atoms with Gasteiger partial charge in [-0.05, 0) is 27.6 Å². The van der Waals surface area contributed by atoms with Crippen molar-refractivity contribution in [3.05, 3.63) is 22.2 Å². The minimum Gasteiger partial charge on any atom is -0.289 e. The van der Waals surface area contributed by atoms with Gasteiger partial charge in [0.25, 0.3) is 0 Å². The first kappa shape index (κ1) is 13.1. The Labute approximate surface area is 117 Å². The summed E-state index contributed by atoms with van der Waals surface area (Å²) in [5, 5.41) is 0.694. The van der Waals surface area contributed by atoms with Gasteiger partial charge in [-0.1, -0.05) is 60.8 Å². The molecule has 0 saturated heterocycles. The van der Waals surface area contributed by atoms with Crippen LogP contribution in [0, 0.1) is 5.41 Å². The van der Waals surface area contributed by atoms with E-state index in [9.17, 15) is 4.79 Å². The van der Waals surface area contributed by atoms with E-state index >= 15 is 0 Å². The van der Waals surface area contributed by atoms with Crippen LogP contribution < -0.4 is 0 Å². The Morgan fingerprint density at radius 3 is 2.50 bits per heavy atom. The summed E-state index contributed by atoms with van der Waals surface area (Å²) in [5.74, 6) is 0.0255. The molecular weight excluding hydrogens is 444 g/mol. The molecule has 5 heteroatoms. The standard InChI is InChI=1S/C9H8Br4O/c1-9(8(12)13)3-6(11)7(14)2-5(9)4-10/h2-3,8H,4H2,1H3.